The molecule has 0 unspecified atom stereocenters. The highest BCUT2D eigenvalue weighted by molar-refractivity contribution is 7.91. The first kappa shape index (κ1) is 17.2. The third kappa shape index (κ3) is 3.87. The van der Waals surface area contributed by atoms with Gasteiger partial charge in [-0.25, -0.2) is 8.42 Å². The van der Waals surface area contributed by atoms with Crippen molar-refractivity contribution in [3.63, 3.8) is 0 Å². The predicted molar refractivity (Wildman–Crippen MR) is 95.8 cm³/mol. The van der Waals surface area contributed by atoms with E-state index in [1.807, 2.05) is 22.9 Å². The van der Waals surface area contributed by atoms with Gasteiger partial charge in [0.25, 0.3) is 0 Å². The molecule has 1 saturated heterocycles. The van der Waals surface area contributed by atoms with E-state index in [0.717, 1.165) is 18.8 Å². The summed E-state index contributed by atoms with van der Waals surface area (Å²) >= 11 is 0. The van der Waals surface area contributed by atoms with Gasteiger partial charge in [-0.15, -0.1) is 0 Å². The van der Waals surface area contributed by atoms with Crippen LogP contribution in [0.1, 0.15) is 36.6 Å². The number of sulfone groups is 1. The van der Waals surface area contributed by atoms with Crippen molar-refractivity contribution < 1.29 is 8.42 Å². The summed E-state index contributed by atoms with van der Waals surface area (Å²) in [6.07, 6.45) is 3.43. The molecule has 0 N–H and O–H groups in total. The Kier molecular flexibility index (Phi) is 4.78. The average Bonchev–Trinajstić information content (AvgIpc) is 2.85. The normalized spacial score (nSPS) is 16.5. The SMILES string of the molecule is CC(C)c1nn(Cc2ccccc2)cc1CN1CC(S(C)(=O)=O)C1. The Balaban J connectivity index is 1.71. The molecular formula is C18H25N3O2S. The molecule has 130 valence electrons. The molecule has 0 radical (unpaired) electrons. The van der Waals surface area contributed by atoms with Crippen LogP contribution in [0.15, 0.2) is 36.5 Å². The van der Waals surface area contributed by atoms with E-state index < -0.39 is 9.84 Å². The van der Waals surface area contributed by atoms with Crippen LogP contribution < -0.4 is 0 Å². The average molecular weight is 347 g/mol. The zero-order chi connectivity index (χ0) is 17.3. The van der Waals surface area contributed by atoms with Crippen molar-refractivity contribution in [3.8, 4) is 0 Å². The molecule has 0 atom stereocenters. The number of hydrogen-bond acceptors (Lipinski definition) is 4. The highest BCUT2D eigenvalue weighted by Crippen LogP contribution is 2.24. The van der Waals surface area contributed by atoms with Crippen molar-refractivity contribution >= 4 is 9.84 Å². The molecule has 1 aromatic heterocycles. The van der Waals surface area contributed by atoms with Crippen LogP contribution >= 0.6 is 0 Å². The first-order valence-corrected chi connectivity index (χ1v) is 10.3. The molecular weight excluding hydrogens is 322 g/mol. The number of likely N-dealkylation sites (tertiary alicyclic amines) is 1. The molecule has 0 saturated carbocycles. The van der Waals surface area contributed by atoms with E-state index in [1.165, 1.54) is 17.4 Å². The lowest BCUT2D eigenvalue weighted by atomic mass is 10.0. The van der Waals surface area contributed by atoms with Crippen molar-refractivity contribution in [2.24, 2.45) is 0 Å². The van der Waals surface area contributed by atoms with Crippen molar-refractivity contribution in [2.75, 3.05) is 19.3 Å². The van der Waals surface area contributed by atoms with Crippen LogP contribution in [-0.4, -0.2) is 47.7 Å². The summed E-state index contributed by atoms with van der Waals surface area (Å²) in [4.78, 5) is 2.18. The van der Waals surface area contributed by atoms with E-state index >= 15 is 0 Å². The molecule has 1 aromatic carbocycles. The van der Waals surface area contributed by atoms with Crippen LogP contribution in [-0.2, 0) is 22.9 Å². The fourth-order valence-electron chi connectivity index (χ4n) is 3.10. The molecule has 2 heterocycles. The zero-order valence-corrected chi connectivity index (χ0v) is 15.3. The van der Waals surface area contributed by atoms with Gasteiger partial charge in [-0.05, 0) is 11.5 Å². The lowest BCUT2D eigenvalue weighted by Gasteiger charge is -2.37. The Hall–Kier alpha value is -1.66. The molecule has 6 heteroatoms. The molecule has 0 aliphatic carbocycles. The van der Waals surface area contributed by atoms with Gasteiger partial charge in [0.05, 0.1) is 17.5 Å². The Labute approximate surface area is 144 Å². The number of hydrogen-bond donors (Lipinski definition) is 0. The van der Waals surface area contributed by atoms with Crippen LogP contribution in [0, 0.1) is 0 Å². The molecule has 1 fully saturated rings. The van der Waals surface area contributed by atoms with E-state index in [-0.39, 0.29) is 5.25 Å². The third-order valence-electron chi connectivity index (χ3n) is 4.53. The summed E-state index contributed by atoms with van der Waals surface area (Å²) in [7, 11) is -2.92. The predicted octanol–water partition coefficient (Wildman–Crippen LogP) is 2.28. The zero-order valence-electron chi connectivity index (χ0n) is 14.5. The van der Waals surface area contributed by atoms with E-state index in [4.69, 9.17) is 5.10 Å². The van der Waals surface area contributed by atoms with E-state index in [1.54, 1.807) is 0 Å². The first-order chi connectivity index (χ1) is 11.3. The molecule has 1 aliphatic rings. The Morgan fingerprint density at radius 2 is 1.83 bits per heavy atom. The summed E-state index contributed by atoms with van der Waals surface area (Å²) in [6, 6.07) is 10.3. The first-order valence-electron chi connectivity index (χ1n) is 8.34. The highest BCUT2D eigenvalue weighted by Gasteiger charge is 2.34. The molecule has 0 amide bonds. The fraction of sp³-hybridized carbons (Fsp3) is 0.500. The summed E-state index contributed by atoms with van der Waals surface area (Å²) in [5.41, 5.74) is 3.53. The minimum atomic E-state index is -2.92. The fourth-order valence-corrected chi connectivity index (χ4v) is 4.06. The van der Waals surface area contributed by atoms with Crippen molar-refractivity contribution in [1.29, 1.82) is 0 Å². The standard InChI is InChI=1S/C18H25N3O2S/c1-14(2)18-16(10-20-12-17(13-20)24(3,22)23)11-21(19-18)9-15-7-5-4-6-8-15/h4-8,11,14,17H,9-10,12-13H2,1-3H3. The number of nitrogens with zero attached hydrogens (tertiary/aromatic N) is 3. The van der Waals surface area contributed by atoms with E-state index in [0.29, 0.717) is 19.0 Å². The molecule has 0 spiro atoms. The van der Waals surface area contributed by atoms with E-state index in [2.05, 4.69) is 37.1 Å². The monoisotopic (exact) mass is 347 g/mol. The van der Waals surface area contributed by atoms with Gasteiger partial charge in [0.1, 0.15) is 0 Å². The van der Waals surface area contributed by atoms with Gasteiger partial charge >= 0.3 is 0 Å². The molecule has 3 rings (SSSR count). The maximum absolute atomic E-state index is 11.6. The summed E-state index contributed by atoms with van der Waals surface area (Å²) < 4.78 is 25.1. The smallest absolute Gasteiger partial charge is 0.152 e. The van der Waals surface area contributed by atoms with Gasteiger partial charge in [-0.1, -0.05) is 44.2 Å². The maximum atomic E-state index is 11.6. The molecule has 5 nitrogen and oxygen atoms in total. The van der Waals surface area contributed by atoms with Gasteiger partial charge < -0.3 is 0 Å². The number of rotatable bonds is 6. The van der Waals surface area contributed by atoms with Crippen LogP contribution in [0.2, 0.25) is 0 Å². The second-order valence-corrected chi connectivity index (χ2v) is 9.35. The molecule has 2 aromatic rings. The number of aromatic nitrogens is 2. The van der Waals surface area contributed by atoms with Gasteiger partial charge in [0, 0.05) is 37.7 Å². The van der Waals surface area contributed by atoms with Gasteiger partial charge in [0.2, 0.25) is 0 Å². The molecule has 0 bridgehead atoms. The van der Waals surface area contributed by atoms with Crippen LogP contribution in [0.4, 0.5) is 0 Å². The largest absolute Gasteiger partial charge is 0.296 e. The Morgan fingerprint density at radius 3 is 2.42 bits per heavy atom. The second-order valence-electron chi connectivity index (χ2n) is 7.02. The van der Waals surface area contributed by atoms with E-state index in [9.17, 15) is 8.42 Å². The minimum absolute atomic E-state index is 0.209. The Bertz CT molecular complexity index is 791. The topological polar surface area (TPSA) is 55.2 Å². The minimum Gasteiger partial charge on any atom is -0.296 e. The van der Waals surface area contributed by atoms with Crippen LogP contribution in [0.25, 0.3) is 0 Å². The van der Waals surface area contributed by atoms with Crippen molar-refractivity contribution in [2.45, 2.75) is 38.1 Å². The molecule has 1 aliphatic heterocycles. The van der Waals surface area contributed by atoms with Gasteiger partial charge in [-0.3, -0.25) is 9.58 Å². The maximum Gasteiger partial charge on any atom is 0.152 e. The van der Waals surface area contributed by atoms with Crippen LogP contribution in [0.5, 0.6) is 0 Å². The lowest BCUT2D eigenvalue weighted by molar-refractivity contribution is 0.175. The quantitative estimate of drug-likeness (QED) is 0.804. The molecule has 24 heavy (non-hydrogen) atoms. The Morgan fingerprint density at radius 1 is 1.17 bits per heavy atom. The number of benzene rings is 1. The summed E-state index contributed by atoms with van der Waals surface area (Å²) in [5.74, 6) is 0.351. The van der Waals surface area contributed by atoms with Gasteiger partial charge in [0.15, 0.2) is 9.84 Å². The van der Waals surface area contributed by atoms with Crippen LogP contribution in [0.3, 0.4) is 0 Å². The lowest BCUT2D eigenvalue weighted by Crippen LogP contribution is -2.53. The summed E-state index contributed by atoms with van der Waals surface area (Å²) in [5, 5.41) is 4.55. The third-order valence-corrected chi connectivity index (χ3v) is 6.04. The highest BCUT2D eigenvalue weighted by atomic mass is 32.2. The van der Waals surface area contributed by atoms with Crippen molar-refractivity contribution in [3.05, 3.63) is 53.3 Å². The van der Waals surface area contributed by atoms with Gasteiger partial charge in [-0.2, -0.15) is 5.10 Å². The van der Waals surface area contributed by atoms with Crippen molar-refractivity contribution in [1.82, 2.24) is 14.7 Å². The summed E-state index contributed by atoms with van der Waals surface area (Å²) in [6.45, 7) is 7.07. The second kappa shape index (κ2) is 6.69.